The molecule has 4 rings (SSSR count). The Bertz CT molecular complexity index is 1190. The molecule has 0 bridgehead atoms. The maximum atomic E-state index is 13.0. The molecule has 0 aromatic heterocycles. The molecule has 0 radical (unpaired) electrons. The fraction of sp³-hybridized carbons (Fsp3) is 0.154. The van der Waals surface area contributed by atoms with Gasteiger partial charge in [0.25, 0.3) is 17.7 Å². The monoisotopic (exact) mass is 458 g/mol. The second kappa shape index (κ2) is 9.99. The van der Waals surface area contributed by atoms with Crippen molar-refractivity contribution in [1.82, 2.24) is 4.90 Å². The molecule has 1 N–H and O–H groups in total. The first kappa shape index (κ1) is 22.7. The van der Waals surface area contributed by atoms with Crippen LogP contribution in [0.25, 0.3) is 0 Å². The minimum atomic E-state index is -1.21. The summed E-state index contributed by atoms with van der Waals surface area (Å²) in [6.07, 6.45) is -1.46. The number of esters is 1. The summed E-state index contributed by atoms with van der Waals surface area (Å²) >= 11 is 0. The van der Waals surface area contributed by atoms with Crippen molar-refractivity contribution in [2.75, 3.05) is 19.0 Å². The van der Waals surface area contributed by atoms with Gasteiger partial charge in [0.05, 0.1) is 24.7 Å². The van der Waals surface area contributed by atoms with Crippen molar-refractivity contribution in [2.45, 2.75) is 12.5 Å². The molecule has 0 spiro atoms. The molecule has 0 aliphatic carbocycles. The predicted octanol–water partition coefficient (Wildman–Crippen LogP) is 3.60. The third kappa shape index (κ3) is 4.80. The summed E-state index contributed by atoms with van der Waals surface area (Å²) < 4.78 is 10.6. The van der Waals surface area contributed by atoms with Gasteiger partial charge in [0.15, 0.2) is 0 Å². The van der Waals surface area contributed by atoms with Gasteiger partial charge in [-0.25, -0.2) is 0 Å². The van der Waals surface area contributed by atoms with Crippen LogP contribution in [0.4, 0.5) is 5.69 Å². The number of nitrogens with zero attached hydrogens (tertiary/aromatic N) is 1. The van der Waals surface area contributed by atoms with Gasteiger partial charge in [-0.1, -0.05) is 42.5 Å². The highest BCUT2D eigenvalue weighted by atomic mass is 16.5. The summed E-state index contributed by atoms with van der Waals surface area (Å²) in [5.74, 6) is -1.52. The molecule has 0 fully saturated rings. The SMILES string of the molecule is COc1ccc(NC(=O)C(OC(=O)CCN2C(=O)c3ccccc3C2=O)c2ccccc2)cc1. The van der Waals surface area contributed by atoms with Crippen LogP contribution >= 0.6 is 0 Å². The standard InChI is InChI=1S/C26H22N2O6/c1-33-19-13-11-18(12-14-19)27-24(30)23(17-7-3-2-4-8-17)34-22(29)15-16-28-25(31)20-9-5-6-10-21(20)26(28)32/h2-14,23H,15-16H2,1H3,(H,27,30). The molecule has 1 aliphatic rings. The van der Waals surface area contributed by atoms with Crippen LogP contribution in [0.3, 0.4) is 0 Å². The van der Waals surface area contributed by atoms with Crippen molar-refractivity contribution in [3.63, 3.8) is 0 Å². The third-order valence-electron chi connectivity index (χ3n) is 5.37. The lowest BCUT2D eigenvalue weighted by Crippen LogP contribution is -2.33. The molecule has 1 aliphatic heterocycles. The van der Waals surface area contributed by atoms with Crippen molar-refractivity contribution >= 4 is 29.4 Å². The number of nitrogens with one attached hydrogen (secondary N) is 1. The van der Waals surface area contributed by atoms with Gasteiger partial charge in [-0.05, 0) is 36.4 Å². The smallest absolute Gasteiger partial charge is 0.308 e. The van der Waals surface area contributed by atoms with Gasteiger partial charge in [-0.3, -0.25) is 24.1 Å². The minimum Gasteiger partial charge on any atom is -0.497 e. The van der Waals surface area contributed by atoms with Crippen molar-refractivity contribution in [2.24, 2.45) is 0 Å². The number of fused-ring (bicyclic) bond motifs is 1. The highest BCUT2D eigenvalue weighted by Crippen LogP contribution is 2.24. The Hall–Kier alpha value is -4.46. The zero-order valence-electron chi connectivity index (χ0n) is 18.4. The number of amides is 3. The van der Waals surface area contributed by atoms with E-state index in [1.54, 1.807) is 86.0 Å². The Kier molecular flexibility index (Phi) is 6.68. The lowest BCUT2D eigenvalue weighted by atomic mass is 10.1. The van der Waals surface area contributed by atoms with E-state index in [4.69, 9.17) is 9.47 Å². The Labute approximate surface area is 196 Å². The maximum Gasteiger partial charge on any atom is 0.308 e. The number of imide groups is 1. The van der Waals surface area contributed by atoms with Crippen LogP contribution in [0.5, 0.6) is 5.75 Å². The van der Waals surface area contributed by atoms with Crippen LogP contribution in [0, 0.1) is 0 Å². The van der Waals surface area contributed by atoms with E-state index in [1.165, 1.54) is 0 Å². The molecule has 1 heterocycles. The van der Waals surface area contributed by atoms with Crippen LogP contribution in [-0.4, -0.2) is 42.2 Å². The van der Waals surface area contributed by atoms with Gasteiger partial charge in [-0.15, -0.1) is 0 Å². The first-order valence-electron chi connectivity index (χ1n) is 10.6. The molecular formula is C26H22N2O6. The molecule has 3 aromatic rings. The number of rotatable bonds is 8. The summed E-state index contributed by atoms with van der Waals surface area (Å²) in [7, 11) is 1.54. The van der Waals surface area contributed by atoms with Crippen LogP contribution in [0.1, 0.15) is 38.8 Å². The Morgan fingerprint density at radius 1 is 0.853 bits per heavy atom. The second-order valence-corrected chi connectivity index (χ2v) is 7.56. The fourth-order valence-corrected chi connectivity index (χ4v) is 3.62. The van der Waals surface area contributed by atoms with Gasteiger partial charge in [0.1, 0.15) is 5.75 Å². The molecule has 0 saturated carbocycles. The number of methoxy groups -OCH3 is 1. The van der Waals surface area contributed by atoms with Gasteiger partial charge < -0.3 is 14.8 Å². The summed E-state index contributed by atoms with van der Waals surface area (Å²) in [4.78, 5) is 51.6. The quantitative estimate of drug-likeness (QED) is 0.409. The molecule has 0 saturated heterocycles. The lowest BCUT2D eigenvalue weighted by molar-refractivity contribution is -0.154. The zero-order chi connectivity index (χ0) is 24.1. The first-order chi connectivity index (χ1) is 16.5. The van der Waals surface area contributed by atoms with E-state index >= 15 is 0 Å². The summed E-state index contributed by atoms with van der Waals surface area (Å²) in [5, 5.41) is 2.73. The zero-order valence-corrected chi connectivity index (χ0v) is 18.4. The number of hydrogen-bond donors (Lipinski definition) is 1. The highest BCUT2D eigenvalue weighted by molar-refractivity contribution is 6.21. The Morgan fingerprint density at radius 2 is 1.44 bits per heavy atom. The number of ether oxygens (including phenoxy) is 2. The highest BCUT2D eigenvalue weighted by Gasteiger charge is 2.35. The average Bonchev–Trinajstić information content (AvgIpc) is 3.11. The van der Waals surface area contributed by atoms with Gasteiger partial charge in [-0.2, -0.15) is 0 Å². The van der Waals surface area contributed by atoms with Crippen LogP contribution < -0.4 is 10.1 Å². The van der Waals surface area contributed by atoms with Crippen LogP contribution in [0.15, 0.2) is 78.9 Å². The largest absolute Gasteiger partial charge is 0.497 e. The van der Waals surface area contributed by atoms with Crippen molar-refractivity contribution < 1.29 is 28.7 Å². The minimum absolute atomic E-state index is 0.146. The van der Waals surface area contributed by atoms with Crippen LogP contribution in [-0.2, 0) is 14.3 Å². The maximum absolute atomic E-state index is 13.0. The number of anilines is 1. The number of benzene rings is 3. The number of hydrogen-bond acceptors (Lipinski definition) is 6. The molecular weight excluding hydrogens is 436 g/mol. The van der Waals surface area contributed by atoms with Gasteiger partial charge in [0.2, 0.25) is 6.10 Å². The van der Waals surface area contributed by atoms with E-state index in [0.717, 1.165) is 4.90 Å². The fourth-order valence-electron chi connectivity index (χ4n) is 3.62. The molecule has 3 amide bonds. The molecule has 3 aromatic carbocycles. The molecule has 8 nitrogen and oxygen atoms in total. The normalized spacial score (nSPS) is 13.3. The third-order valence-corrected chi connectivity index (χ3v) is 5.37. The predicted molar refractivity (Wildman–Crippen MR) is 123 cm³/mol. The molecule has 8 heteroatoms. The van der Waals surface area contributed by atoms with Crippen molar-refractivity contribution in [1.29, 1.82) is 0 Å². The Morgan fingerprint density at radius 3 is 2.03 bits per heavy atom. The molecule has 1 atom stereocenters. The van der Waals surface area contributed by atoms with Gasteiger partial charge >= 0.3 is 5.97 Å². The number of carbonyl (C=O) groups is 4. The van der Waals surface area contributed by atoms with E-state index in [-0.39, 0.29) is 13.0 Å². The Balaban J connectivity index is 1.43. The van der Waals surface area contributed by atoms with E-state index < -0.39 is 29.8 Å². The average molecular weight is 458 g/mol. The molecule has 34 heavy (non-hydrogen) atoms. The second-order valence-electron chi connectivity index (χ2n) is 7.56. The summed E-state index contributed by atoms with van der Waals surface area (Å²) in [6, 6.07) is 21.8. The number of carbonyl (C=O) groups excluding carboxylic acids is 4. The van der Waals surface area contributed by atoms with E-state index in [1.807, 2.05) is 0 Å². The van der Waals surface area contributed by atoms with Crippen molar-refractivity contribution in [3.8, 4) is 5.75 Å². The first-order valence-corrected chi connectivity index (χ1v) is 10.6. The van der Waals surface area contributed by atoms with Crippen molar-refractivity contribution in [3.05, 3.63) is 95.6 Å². The van der Waals surface area contributed by atoms with E-state index in [9.17, 15) is 19.2 Å². The molecule has 1 unspecified atom stereocenters. The lowest BCUT2D eigenvalue weighted by Gasteiger charge is -2.19. The summed E-state index contributed by atoms with van der Waals surface area (Å²) in [5.41, 5.74) is 1.61. The van der Waals surface area contributed by atoms with E-state index in [0.29, 0.717) is 28.1 Å². The van der Waals surface area contributed by atoms with Crippen LogP contribution in [0.2, 0.25) is 0 Å². The molecule has 172 valence electrons. The van der Waals surface area contributed by atoms with E-state index in [2.05, 4.69) is 5.32 Å². The summed E-state index contributed by atoms with van der Waals surface area (Å²) in [6.45, 7) is -0.146. The topological polar surface area (TPSA) is 102 Å². The van der Waals surface area contributed by atoms with Gasteiger partial charge in [0, 0.05) is 17.8 Å².